The zero-order valence-corrected chi connectivity index (χ0v) is 7.14. The largest absolute Gasteiger partial charge is 0.416 e. The molecule has 0 spiro atoms. The maximum Gasteiger partial charge on any atom is 0.416 e. The number of rotatable bonds is 0. The molecule has 0 aliphatic rings. The fourth-order valence-electron chi connectivity index (χ4n) is 1.07. The van der Waals surface area contributed by atoms with Crippen LogP contribution in [-0.2, 0) is 13.2 Å². The molecule has 0 radical (unpaired) electrons. The van der Waals surface area contributed by atoms with Crippen LogP contribution in [0.1, 0.15) is 11.1 Å². The van der Waals surface area contributed by atoms with Crippen LogP contribution in [0.4, 0.5) is 13.2 Å². The average molecular weight is 191 g/mol. The Labute approximate surface area is 72.6 Å². The summed E-state index contributed by atoms with van der Waals surface area (Å²) in [6.45, 7) is 1.17. The molecule has 0 bridgehead atoms. The van der Waals surface area contributed by atoms with Gasteiger partial charge in [0.2, 0.25) is 0 Å². The molecule has 0 atom stereocenters. The van der Waals surface area contributed by atoms with E-state index in [0.29, 0.717) is 0 Å². The number of aromatic nitrogens is 1. The highest BCUT2D eigenvalue weighted by molar-refractivity contribution is 5.25. The van der Waals surface area contributed by atoms with Crippen molar-refractivity contribution in [1.82, 2.24) is 4.57 Å². The highest BCUT2D eigenvalue weighted by Crippen LogP contribution is 2.29. The van der Waals surface area contributed by atoms with Crippen LogP contribution in [0.15, 0.2) is 17.1 Å². The van der Waals surface area contributed by atoms with Crippen molar-refractivity contribution in [2.24, 2.45) is 7.05 Å². The van der Waals surface area contributed by atoms with Gasteiger partial charge in [0.1, 0.15) is 0 Å². The molecule has 1 heterocycles. The lowest BCUT2D eigenvalue weighted by Gasteiger charge is -2.09. The average Bonchev–Trinajstić information content (AvgIpc) is 1.98. The van der Waals surface area contributed by atoms with Crippen molar-refractivity contribution in [2.75, 3.05) is 0 Å². The summed E-state index contributed by atoms with van der Waals surface area (Å²) in [5, 5.41) is 0. The molecule has 0 saturated carbocycles. The summed E-state index contributed by atoms with van der Waals surface area (Å²) in [6, 6.07) is 0.900. The molecule has 2 nitrogen and oxygen atoms in total. The van der Waals surface area contributed by atoms with Crippen molar-refractivity contribution >= 4 is 0 Å². The van der Waals surface area contributed by atoms with Crippen molar-refractivity contribution in [2.45, 2.75) is 13.1 Å². The number of halogens is 3. The van der Waals surface area contributed by atoms with E-state index in [4.69, 9.17) is 0 Å². The molecule has 0 amide bonds. The van der Waals surface area contributed by atoms with Crippen LogP contribution >= 0.6 is 0 Å². The van der Waals surface area contributed by atoms with Crippen LogP contribution in [0, 0.1) is 6.92 Å². The molecule has 0 unspecified atom stereocenters. The molecule has 1 rings (SSSR count). The van der Waals surface area contributed by atoms with Crippen LogP contribution in [0.3, 0.4) is 0 Å². The first-order valence-electron chi connectivity index (χ1n) is 3.57. The number of hydrogen-bond acceptors (Lipinski definition) is 1. The second-order valence-corrected chi connectivity index (χ2v) is 2.77. The lowest BCUT2D eigenvalue weighted by Crippen LogP contribution is -2.23. The normalized spacial score (nSPS) is 11.8. The van der Waals surface area contributed by atoms with E-state index in [1.807, 2.05) is 0 Å². The van der Waals surface area contributed by atoms with Gasteiger partial charge >= 0.3 is 6.18 Å². The van der Waals surface area contributed by atoms with Gasteiger partial charge < -0.3 is 4.57 Å². The monoisotopic (exact) mass is 191 g/mol. The maximum absolute atomic E-state index is 12.2. The Bertz CT molecular complexity index is 378. The SMILES string of the molecule is Cc1c(C(F)(F)F)ccn(C)c1=O. The lowest BCUT2D eigenvalue weighted by atomic mass is 10.1. The highest BCUT2D eigenvalue weighted by Gasteiger charge is 2.33. The van der Waals surface area contributed by atoms with E-state index in [2.05, 4.69) is 0 Å². The second-order valence-electron chi connectivity index (χ2n) is 2.77. The van der Waals surface area contributed by atoms with E-state index in [1.165, 1.54) is 14.0 Å². The van der Waals surface area contributed by atoms with Crippen molar-refractivity contribution in [3.05, 3.63) is 33.7 Å². The molecule has 0 fully saturated rings. The number of nitrogens with zero attached hydrogens (tertiary/aromatic N) is 1. The zero-order valence-electron chi connectivity index (χ0n) is 7.14. The van der Waals surface area contributed by atoms with E-state index >= 15 is 0 Å². The molecule has 1 aromatic rings. The first-order valence-corrected chi connectivity index (χ1v) is 3.57. The van der Waals surface area contributed by atoms with E-state index in [-0.39, 0.29) is 5.56 Å². The maximum atomic E-state index is 12.2. The van der Waals surface area contributed by atoms with Gasteiger partial charge in [-0.2, -0.15) is 13.2 Å². The second kappa shape index (κ2) is 2.90. The fraction of sp³-hybridized carbons (Fsp3) is 0.375. The summed E-state index contributed by atoms with van der Waals surface area (Å²) < 4.78 is 37.8. The third-order valence-corrected chi connectivity index (χ3v) is 1.82. The molecule has 0 N–H and O–H groups in total. The summed E-state index contributed by atoms with van der Waals surface area (Å²) in [5.41, 5.74) is -1.75. The van der Waals surface area contributed by atoms with Crippen molar-refractivity contribution in [3.8, 4) is 0 Å². The zero-order chi connectivity index (χ0) is 10.2. The van der Waals surface area contributed by atoms with Crippen molar-refractivity contribution < 1.29 is 13.2 Å². The van der Waals surface area contributed by atoms with E-state index in [0.717, 1.165) is 16.8 Å². The van der Waals surface area contributed by atoms with E-state index in [9.17, 15) is 18.0 Å². The first kappa shape index (κ1) is 9.83. The number of alkyl halides is 3. The number of pyridine rings is 1. The quantitative estimate of drug-likeness (QED) is 0.611. The molecular formula is C8H8F3NO. The van der Waals surface area contributed by atoms with Crippen LogP contribution in [0.25, 0.3) is 0 Å². The Kier molecular flexibility index (Phi) is 2.19. The molecule has 0 aromatic carbocycles. The molecule has 72 valence electrons. The van der Waals surface area contributed by atoms with Crippen LogP contribution in [-0.4, -0.2) is 4.57 Å². The fourth-order valence-corrected chi connectivity index (χ4v) is 1.07. The first-order chi connectivity index (χ1) is 5.84. The van der Waals surface area contributed by atoms with Crippen molar-refractivity contribution in [3.63, 3.8) is 0 Å². The van der Waals surface area contributed by atoms with Gasteiger partial charge in [0.25, 0.3) is 5.56 Å². The van der Waals surface area contributed by atoms with Gasteiger partial charge in [0, 0.05) is 18.8 Å². The predicted molar refractivity (Wildman–Crippen MR) is 41.4 cm³/mol. The van der Waals surface area contributed by atoms with Gasteiger partial charge in [-0.25, -0.2) is 0 Å². The van der Waals surface area contributed by atoms with Gasteiger partial charge in [-0.1, -0.05) is 0 Å². The minimum atomic E-state index is -4.45. The summed E-state index contributed by atoms with van der Waals surface area (Å²) in [5.74, 6) is 0. The summed E-state index contributed by atoms with van der Waals surface area (Å²) in [4.78, 5) is 11.1. The molecule has 13 heavy (non-hydrogen) atoms. The Morgan fingerprint density at radius 3 is 2.38 bits per heavy atom. The highest BCUT2D eigenvalue weighted by atomic mass is 19.4. The predicted octanol–water partition coefficient (Wildman–Crippen LogP) is 1.71. The van der Waals surface area contributed by atoms with E-state index < -0.39 is 17.3 Å². The Morgan fingerprint density at radius 1 is 1.38 bits per heavy atom. The topological polar surface area (TPSA) is 22.0 Å². The molecule has 0 aliphatic carbocycles. The van der Waals surface area contributed by atoms with Gasteiger partial charge in [-0.3, -0.25) is 4.79 Å². The summed E-state index contributed by atoms with van der Waals surface area (Å²) in [7, 11) is 1.41. The minimum absolute atomic E-state index is 0.266. The number of hydrogen-bond donors (Lipinski definition) is 0. The summed E-state index contributed by atoms with van der Waals surface area (Å²) in [6.07, 6.45) is -3.34. The van der Waals surface area contributed by atoms with Crippen molar-refractivity contribution in [1.29, 1.82) is 0 Å². The third kappa shape index (κ3) is 1.74. The molecule has 1 aromatic heterocycles. The third-order valence-electron chi connectivity index (χ3n) is 1.82. The van der Waals surface area contributed by atoms with E-state index in [1.54, 1.807) is 0 Å². The van der Waals surface area contributed by atoms with Gasteiger partial charge in [-0.05, 0) is 13.0 Å². The molecular weight excluding hydrogens is 183 g/mol. The minimum Gasteiger partial charge on any atom is -0.318 e. The standard InChI is InChI=1S/C8H8F3NO/c1-5-6(8(9,10)11)3-4-12(2)7(5)13/h3-4H,1-2H3. The van der Waals surface area contributed by atoms with Gasteiger partial charge in [0.05, 0.1) is 5.56 Å². The van der Waals surface area contributed by atoms with Crippen LogP contribution in [0.5, 0.6) is 0 Å². The number of aryl methyl sites for hydroxylation is 1. The Morgan fingerprint density at radius 2 is 1.92 bits per heavy atom. The van der Waals surface area contributed by atoms with Gasteiger partial charge in [-0.15, -0.1) is 0 Å². The molecule has 0 saturated heterocycles. The molecule has 0 aliphatic heterocycles. The molecule has 5 heteroatoms. The van der Waals surface area contributed by atoms with Crippen LogP contribution < -0.4 is 5.56 Å². The van der Waals surface area contributed by atoms with Gasteiger partial charge in [0.15, 0.2) is 0 Å². The lowest BCUT2D eigenvalue weighted by molar-refractivity contribution is -0.138. The van der Waals surface area contributed by atoms with Crippen LogP contribution in [0.2, 0.25) is 0 Å². The Hall–Kier alpha value is -1.26. The Balaban J connectivity index is 3.44. The summed E-state index contributed by atoms with van der Waals surface area (Å²) >= 11 is 0. The smallest absolute Gasteiger partial charge is 0.318 e.